The molecule has 170 valence electrons. The Morgan fingerprint density at radius 3 is 2.61 bits per heavy atom. The van der Waals surface area contributed by atoms with Crippen molar-refractivity contribution in [1.29, 1.82) is 0 Å². The summed E-state index contributed by atoms with van der Waals surface area (Å²) in [7, 11) is 0. The Morgan fingerprint density at radius 1 is 1.09 bits per heavy atom. The predicted molar refractivity (Wildman–Crippen MR) is 130 cm³/mol. The van der Waals surface area contributed by atoms with Crippen LogP contribution in [-0.2, 0) is 0 Å². The van der Waals surface area contributed by atoms with Crippen molar-refractivity contribution in [2.75, 3.05) is 13.3 Å². The molecule has 2 aliphatic heterocycles. The highest BCUT2D eigenvalue weighted by Crippen LogP contribution is 2.39. The van der Waals surface area contributed by atoms with E-state index in [0.29, 0.717) is 28.5 Å². The van der Waals surface area contributed by atoms with Crippen LogP contribution >= 0.6 is 12.2 Å². The van der Waals surface area contributed by atoms with Crippen LogP contribution in [0, 0.1) is 12.8 Å². The number of hydrogen-bond acceptors (Lipinski definition) is 6. The van der Waals surface area contributed by atoms with E-state index in [1.165, 1.54) is 5.56 Å². The number of aromatic nitrogens is 2. The summed E-state index contributed by atoms with van der Waals surface area (Å²) in [6.45, 7) is 9.50. The molecule has 7 nitrogen and oxygen atoms in total. The minimum Gasteiger partial charge on any atom is -0.454 e. The van der Waals surface area contributed by atoms with E-state index < -0.39 is 0 Å². The molecule has 1 unspecified atom stereocenters. The first-order valence-corrected chi connectivity index (χ1v) is 11.4. The van der Waals surface area contributed by atoms with Crippen LogP contribution in [0.2, 0.25) is 0 Å². The minimum atomic E-state index is -0.188. The van der Waals surface area contributed by atoms with Crippen LogP contribution in [0.4, 0.5) is 0 Å². The van der Waals surface area contributed by atoms with E-state index in [4.69, 9.17) is 31.2 Å². The van der Waals surface area contributed by atoms with Gasteiger partial charge in [0, 0.05) is 17.8 Å². The normalized spacial score (nSPS) is 17.7. The maximum atomic E-state index is 5.81. The molecule has 5 rings (SSSR count). The van der Waals surface area contributed by atoms with Crippen LogP contribution in [-0.4, -0.2) is 33.5 Å². The van der Waals surface area contributed by atoms with Crippen molar-refractivity contribution < 1.29 is 14.0 Å². The fraction of sp³-hybridized carbons (Fsp3) is 0.320. The Labute approximate surface area is 198 Å². The standard InChI is InChI=1S/C25H26N4O3S/c1-14(2)12-29-16(4)21(22(26-25(29)33)17-7-5-15(3)6-8-17)24-27-23(28-32-24)18-9-10-19-20(11-18)31-13-30-19/h5-11,14,22H,12-13H2,1-4H3,(H,26,33). The van der Waals surface area contributed by atoms with Crippen LogP contribution in [0.25, 0.3) is 17.0 Å². The van der Waals surface area contributed by atoms with Gasteiger partial charge in [-0.05, 0) is 55.7 Å². The number of ether oxygens (including phenoxy) is 2. The van der Waals surface area contributed by atoms with E-state index in [1.54, 1.807) is 0 Å². The Balaban J connectivity index is 1.58. The van der Waals surface area contributed by atoms with Gasteiger partial charge in [-0.15, -0.1) is 0 Å². The average molecular weight is 463 g/mol. The van der Waals surface area contributed by atoms with Crippen molar-refractivity contribution in [3.8, 4) is 22.9 Å². The van der Waals surface area contributed by atoms with Gasteiger partial charge in [-0.1, -0.05) is 48.8 Å². The summed E-state index contributed by atoms with van der Waals surface area (Å²) in [5, 5.41) is 8.48. The second-order valence-electron chi connectivity index (χ2n) is 8.79. The fourth-order valence-corrected chi connectivity index (χ4v) is 4.47. The highest BCUT2D eigenvalue weighted by atomic mass is 32.1. The van der Waals surface area contributed by atoms with Gasteiger partial charge in [0.25, 0.3) is 5.89 Å². The lowest BCUT2D eigenvalue weighted by Crippen LogP contribution is -2.47. The van der Waals surface area contributed by atoms with Gasteiger partial charge in [-0.3, -0.25) is 0 Å². The molecule has 0 amide bonds. The summed E-state index contributed by atoms with van der Waals surface area (Å²) >= 11 is 5.74. The molecule has 3 heterocycles. The number of benzene rings is 2. The highest BCUT2D eigenvalue weighted by molar-refractivity contribution is 7.80. The molecule has 33 heavy (non-hydrogen) atoms. The summed E-state index contributed by atoms with van der Waals surface area (Å²) in [6, 6.07) is 13.9. The van der Waals surface area contributed by atoms with Crippen LogP contribution in [0.3, 0.4) is 0 Å². The smallest absolute Gasteiger partial charge is 0.258 e. The zero-order chi connectivity index (χ0) is 23.1. The molecule has 8 heteroatoms. The summed E-state index contributed by atoms with van der Waals surface area (Å²) in [5.74, 6) is 2.79. The third-order valence-corrected chi connectivity index (χ3v) is 6.18. The maximum absolute atomic E-state index is 5.81. The molecule has 0 aliphatic carbocycles. The third kappa shape index (κ3) is 4.06. The van der Waals surface area contributed by atoms with Gasteiger partial charge in [0.1, 0.15) is 0 Å². The molecule has 2 aliphatic rings. The molecule has 2 aromatic carbocycles. The SMILES string of the molecule is CC1=C(c2nc(-c3ccc4c(c3)OCO4)no2)C(c2ccc(C)cc2)NC(=S)N1CC(C)C. The van der Waals surface area contributed by atoms with Crippen molar-refractivity contribution in [2.24, 2.45) is 5.92 Å². The Hall–Kier alpha value is -3.39. The maximum Gasteiger partial charge on any atom is 0.258 e. The van der Waals surface area contributed by atoms with Crippen molar-refractivity contribution in [2.45, 2.75) is 33.7 Å². The van der Waals surface area contributed by atoms with Gasteiger partial charge < -0.3 is 24.2 Å². The van der Waals surface area contributed by atoms with E-state index in [-0.39, 0.29) is 12.8 Å². The number of nitrogens with zero attached hydrogens (tertiary/aromatic N) is 3. The molecule has 1 aromatic heterocycles. The molecular weight excluding hydrogens is 436 g/mol. The molecule has 0 spiro atoms. The van der Waals surface area contributed by atoms with Gasteiger partial charge in [-0.2, -0.15) is 4.98 Å². The molecule has 0 radical (unpaired) electrons. The number of rotatable bonds is 5. The topological polar surface area (TPSA) is 72.6 Å². The average Bonchev–Trinajstić information content (AvgIpc) is 3.46. The molecule has 3 aromatic rings. The Bertz CT molecular complexity index is 1230. The first-order valence-electron chi connectivity index (χ1n) is 11.0. The van der Waals surface area contributed by atoms with Crippen molar-refractivity contribution >= 4 is 22.9 Å². The van der Waals surface area contributed by atoms with Gasteiger partial charge in [0.15, 0.2) is 16.6 Å². The number of allylic oxidation sites excluding steroid dienone is 1. The number of hydrogen-bond donors (Lipinski definition) is 1. The second kappa shape index (κ2) is 8.51. The van der Waals surface area contributed by atoms with Crippen LogP contribution in [0.5, 0.6) is 11.5 Å². The van der Waals surface area contributed by atoms with E-state index in [9.17, 15) is 0 Å². The Kier molecular flexibility index (Phi) is 5.54. The molecule has 1 atom stereocenters. The summed E-state index contributed by atoms with van der Waals surface area (Å²) in [6.07, 6.45) is 0. The number of fused-ring (bicyclic) bond motifs is 1. The summed E-state index contributed by atoms with van der Waals surface area (Å²) in [4.78, 5) is 6.89. The molecule has 0 fully saturated rings. The Morgan fingerprint density at radius 2 is 1.85 bits per heavy atom. The molecule has 0 saturated carbocycles. The monoisotopic (exact) mass is 462 g/mol. The third-order valence-electron chi connectivity index (χ3n) is 5.84. The quantitative estimate of drug-likeness (QED) is 0.526. The zero-order valence-corrected chi connectivity index (χ0v) is 19.9. The lowest BCUT2D eigenvalue weighted by atomic mass is 9.94. The lowest BCUT2D eigenvalue weighted by molar-refractivity contribution is 0.174. The van der Waals surface area contributed by atoms with Gasteiger partial charge in [0.05, 0.1) is 11.6 Å². The van der Waals surface area contributed by atoms with Crippen LogP contribution in [0.1, 0.15) is 43.8 Å². The summed E-state index contributed by atoms with van der Waals surface area (Å²) in [5.41, 5.74) is 5.03. The highest BCUT2D eigenvalue weighted by Gasteiger charge is 2.34. The van der Waals surface area contributed by atoms with E-state index in [1.807, 2.05) is 18.2 Å². The van der Waals surface area contributed by atoms with Crippen molar-refractivity contribution in [3.05, 3.63) is 65.2 Å². The minimum absolute atomic E-state index is 0.188. The van der Waals surface area contributed by atoms with Crippen molar-refractivity contribution in [1.82, 2.24) is 20.4 Å². The van der Waals surface area contributed by atoms with Crippen LogP contribution < -0.4 is 14.8 Å². The molecule has 1 N–H and O–H groups in total. The number of thiocarbonyl (C=S) groups is 1. The summed E-state index contributed by atoms with van der Waals surface area (Å²) < 4.78 is 16.7. The van der Waals surface area contributed by atoms with Gasteiger partial charge in [-0.25, -0.2) is 0 Å². The molecule has 0 bridgehead atoms. The lowest BCUT2D eigenvalue weighted by Gasteiger charge is -2.38. The number of aryl methyl sites for hydroxylation is 1. The predicted octanol–water partition coefficient (Wildman–Crippen LogP) is 5.09. The van der Waals surface area contributed by atoms with E-state index in [2.05, 4.69) is 67.3 Å². The first-order chi connectivity index (χ1) is 15.9. The second-order valence-corrected chi connectivity index (χ2v) is 9.17. The first kappa shape index (κ1) is 21.5. The fourth-order valence-electron chi connectivity index (χ4n) is 4.14. The van der Waals surface area contributed by atoms with Gasteiger partial charge >= 0.3 is 0 Å². The molecule has 0 saturated heterocycles. The van der Waals surface area contributed by atoms with E-state index >= 15 is 0 Å². The van der Waals surface area contributed by atoms with Crippen molar-refractivity contribution in [3.63, 3.8) is 0 Å². The van der Waals surface area contributed by atoms with E-state index in [0.717, 1.165) is 34.7 Å². The molecular formula is C25H26N4O3S. The van der Waals surface area contributed by atoms with Gasteiger partial charge in [0.2, 0.25) is 12.6 Å². The zero-order valence-electron chi connectivity index (χ0n) is 19.1. The van der Waals surface area contributed by atoms with Crippen LogP contribution in [0.15, 0.2) is 52.7 Å². The largest absolute Gasteiger partial charge is 0.454 e. The number of nitrogens with one attached hydrogen (secondary N) is 1.